The predicted octanol–water partition coefficient (Wildman–Crippen LogP) is 0.900. The summed E-state index contributed by atoms with van der Waals surface area (Å²) >= 11 is 8.44. The summed E-state index contributed by atoms with van der Waals surface area (Å²) < 4.78 is 0. The van der Waals surface area contributed by atoms with Crippen molar-refractivity contribution < 1.29 is 63.0 Å². The highest BCUT2D eigenvalue weighted by atomic mass is 32.1. The van der Waals surface area contributed by atoms with Crippen LogP contribution in [0.15, 0.2) is 91.0 Å². The van der Waals surface area contributed by atoms with E-state index in [9.17, 15) is 63.0 Å². The van der Waals surface area contributed by atoms with Gasteiger partial charge in [0.25, 0.3) is 0 Å². The van der Waals surface area contributed by atoms with Crippen molar-refractivity contribution in [2.75, 3.05) is 46.2 Å². The maximum absolute atomic E-state index is 14.8. The van der Waals surface area contributed by atoms with Crippen LogP contribution in [0.25, 0.3) is 0 Å². The number of benzene rings is 3. The Kier molecular flexibility index (Phi) is 32.5. The number of rotatable bonds is 16. The van der Waals surface area contributed by atoms with Gasteiger partial charge in [-0.25, -0.2) is 0 Å². The number of thiol groups is 2. The van der Waals surface area contributed by atoms with E-state index in [2.05, 4.69) is 67.8 Å². The Morgan fingerprint density at radius 2 is 1.09 bits per heavy atom. The SMILES string of the molecule is CC(C)C[C@@H]1NC(=O)[C@@H](NC(=O)[C@H](Cc2ccccc2)NC(=O)C(O)CS)CCCCNC(=O)[C@H](CS)NC(O)[C@H](Cc2ccccc2)NC(=O)[C@H](C)NC(=O)[C@H](C)N(C)C(=O)[C@H](Cc2ccccc2)N(C)C(=O)[C@H](C)NC(=O)[C@H](CC(C)C)N(C)C(=O)[C@H](C)N(C)C1=O. The molecular formula is C67H100N12O13S2. The maximum atomic E-state index is 14.8. The lowest BCUT2D eigenvalue weighted by atomic mass is 9.99. The molecule has 0 spiro atoms. The maximum Gasteiger partial charge on any atom is 0.250 e. The molecule has 11 amide bonds. The van der Waals surface area contributed by atoms with E-state index < -0.39 is 144 Å². The number of nitrogens with one attached hydrogen (secondary N) is 8. The minimum absolute atomic E-state index is 0.00861. The van der Waals surface area contributed by atoms with Crippen LogP contribution in [-0.4, -0.2) is 220 Å². The molecule has 25 nitrogen and oxygen atoms in total. The lowest BCUT2D eigenvalue weighted by Gasteiger charge is -2.36. The Bertz CT molecular complexity index is 3010. The summed E-state index contributed by atoms with van der Waals surface area (Å²) in [6.45, 7) is 13.2. The molecule has 1 heterocycles. The van der Waals surface area contributed by atoms with Gasteiger partial charge in [0.05, 0.1) is 12.1 Å². The largest absolute Gasteiger partial charge is 0.382 e. The summed E-state index contributed by atoms with van der Waals surface area (Å²) in [6.07, 6.45) is -2.60. The third kappa shape index (κ3) is 24.0. The molecule has 1 fully saturated rings. The van der Waals surface area contributed by atoms with E-state index in [0.717, 1.165) is 9.80 Å². The lowest BCUT2D eigenvalue weighted by Crippen LogP contribution is -2.61. The van der Waals surface area contributed by atoms with Crippen LogP contribution in [-0.2, 0) is 72.0 Å². The third-order valence-electron chi connectivity index (χ3n) is 16.7. The third-order valence-corrected chi connectivity index (χ3v) is 17.4. The summed E-state index contributed by atoms with van der Waals surface area (Å²) in [5.74, 6) is -8.62. The molecule has 0 radical (unpaired) electrons. The average Bonchev–Trinajstić information content (AvgIpc) is 0.882. The van der Waals surface area contributed by atoms with Gasteiger partial charge in [0.15, 0.2) is 0 Å². The number of likely N-dealkylation sites (N-methyl/N-ethyl adjacent to an activating group) is 4. The van der Waals surface area contributed by atoms with E-state index in [-0.39, 0.29) is 81.3 Å². The Hall–Kier alpha value is -7.59. The quantitative estimate of drug-likeness (QED) is 0.0888. The first-order chi connectivity index (χ1) is 44.4. The number of hydrogen-bond acceptors (Lipinski definition) is 16. The summed E-state index contributed by atoms with van der Waals surface area (Å²) in [7, 11) is 5.59. The van der Waals surface area contributed by atoms with Crippen LogP contribution in [0.5, 0.6) is 0 Å². The fourth-order valence-electron chi connectivity index (χ4n) is 10.7. The zero-order valence-corrected chi connectivity index (χ0v) is 58.0. The van der Waals surface area contributed by atoms with Gasteiger partial charge in [-0.1, -0.05) is 119 Å². The van der Waals surface area contributed by atoms with Crippen molar-refractivity contribution in [2.24, 2.45) is 11.8 Å². The molecule has 3 aromatic carbocycles. The van der Waals surface area contributed by atoms with Crippen molar-refractivity contribution in [3.8, 4) is 0 Å². The summed E-state index contributed by atoms with van der Waals surface area (Å²) in [5, 5.41) is 44.2. The number of amides is 11. The molecule has 13 atom stereocenters. The van der Waals surface area contributed by atoms with Gasteiger partial charge in [-0.05, 0) is 94.7 Å². The molecule has 518 valence electrons. The van der Waals surface area contributed by atoms with Crippen LogP contribution in [0.3, 0.4) is 0 Å². The second kappa shape index (κ2) is 38.7. The Morgan fingerprint density at radius 3 is 1.64 bits per heavy atom. The molecule has 1 aliphatic rings. The zero-order chi connectivity index (χ0) is 70.1. The van der Waals surface area contributed by atoms with E-state index in [4.69, 9.17) is 0 Å². The van der Waals surface area contributed by atoms with Gasteiger partial charge in [-0.15, -0.1) is 0 Å². The number of hydrogen-bond donors (Lipinski definition) is 12. The lowest BCUT2D eigenvalue weighted by molar-refractivity contribution is -0.150. The molecule has 0 saturated carbocycles. The van der Waals surface area contributed by atoms with Crippen molar-refractivity contribution >= 4 is 90.2 Å². The van der Waals surface area contributed by atoms with Gasteiger partial charge >= 0.3 is 0 Å². The number of carbonyl (C=O) groups is 11. The van der Waals surface area contributed by atoms with E-state index >= 15 is 0 Å². The van der Waals surface area contributed by atoms with E-state index in [0.29, 0.717) is 16.7 Å². The van der Waals surface area contributed by atoms with E-state index in [1.54, 1.807) is 91.0 Å². The Labute approximate surface area is 564 Å². The van der Waals surface area contributed by atoms with Gasteiger partial charge in [-0.3, -0.25) is 58.1 Å². The normalized spacial score (nSPS) is 25.5. The molecule has 0 bridgehead atoms. The van der Waals surface area contributed by atoms with Gasteiger partial charge in [0, 0.05) is 59.1 Å². The average molecular weight is 1350 g/mol. The highest BCUT2D eigenvalue weighted by Gasteiger charge is 2.40. The molecule has 0 aliphatic carbocycles. The zero-order valence-electron chi connectivity index (χ0n) is 56.2. The molecule has 1 aliphatic heterocycles. The smallest absolute Gasteiger partial charge is 0.250 e. The number of nitrogens with zero attached hydrogens (tertiary/aromatic N) is 4. The molecule has 3 aromatic rings. The minimum Gasteiger partial charge on any atom is -0.382 e. The van der Waals surface area contributed by atoms with Gasteiger partial charge in [0.2, 0.25) is 65.0 Å². The summed E-state index contributed by atoms with van der Waals surface area (Å²) in [6, 6.07) is 13.0. The van der Waals surface area contributed by atoms with Crippen molar-refractivity contribution in [1.82, 2.24) is 62.1 Å². The van der Waals surface area contributed by atoms with Crippen LogP contribution in [0.4, 0.5) is 0 Å². The second-order valence-electron chi connectivity index (χ2n) is 25.1. The van der Waals surface area contributed by atoms with Crippen LogP contribution < -0.4 is 42.5 Å². The first kappa shape index (κ1) is 78.9. The number of aliphatic hydroxyl groups is 2. The summed E-state index contributed by atoms with van der Waals surface area (Å²) in [4.78, 5) is 162. The molecular weight excluding hydrogens is 1240 g/mol. The second-order valence-corrected chi connectivity index (χ2v) is 25.8. The van der Waals surface area contributed by atoms with Gasteiger partial charge < -0.3 is 67.0 Å². The number of aliphatic hydroxyl groups excluding tert-OH is 2. The standard InChI is InChI=1S/C67H100N12O13S2/c1-39(2)32-51-66(91)77(10)44(8)65(90)78(11)53(33-40(3)4)62(87)70-42(6)64(89)79(12)54(36-47-28-20-15-21-29-47)67(92)76(9)43(7)57(82)69-41(5)56(81)72-49(34-45-24-16-13-17-25-45)61(86)75-52(37-93)58(83)68-31-23-22-30-48(59(84)74-51)71-60(85)50(73-63(88)55(80)38-94)35-46-26-18-14-19-27-46/h13-21,24-29,39-44,48-55,61,75,80,86,93-94H,22-23,30-38H2,1-12H3,(H,68,83)(H,69,82)(H,70,87)(H,71,85)(H,72,81)(H,73,88)(H,74,84)/t41-,42-,43-,44-,48-,49-,50-,51-,52-,53-,54-,55?,61?/m0/s1. The first-order valence-corrected chi connectivity index (χ1v) is 33.3. The molecule has 27 heteroatoms. The van der Waals surface area contributed by atoms with Crippen molar-refractivity contribution in [3.63, 3.8) is 0 Å². The molecule has 2 unspecified atom stereocenters. The van der Waals surface area contributed by atoms with Crippen molar-refractivity contribution in [1.29, 1.82) is 0 Å². The van der Waals surface area contributed by atoms with Crippen LogP contribution >= 0.6 is 25.3 Å². The van der Waals surface area contributed by atoms with Gasteiger partial charge in [-0.2, -0.15) is 25.3 Å². The fraction of sp³-hybridized carbons (Fsp3) is 0.567. The van der Waals surface area contributed by atoms with Crippen molar-refractivity contribution in [2.45, 2.75) is 186 Å². The van der Waals surface area contributed by atoms with E-state index in [1.807, 2.05) is 27.7 Å². The highest BCUT2D eigenvalue weighted by molar-refractivity contribution is 7.80. The van der Waals surface area contributed by atoms with Crippen LogP contribution in [0.1, 0.15) is 104 Å². The topological polar surface area (TPSA) is 337 Å². The Morgan fingerprint density at radius 1 is 0.553 bits per heavy atom. The van der Waals surface area contributed by atoms with Crippen LogP contribution in [0, 0.1) is 11.8 Å². The molecule has 94 heavy (non-hydrogen) atoms. The number of carbonyl (C=O) groups excluding carboxylic acids is 11. The fourth-order valence-corrected chi connectivity index (χ4v) is 11.1. The first-order valence-electron chi connectivity index (χ1n) is 32.0. The Balaban J connectivity index is 1.79. The molecule has 10 N–H and O–H groups in total. The highest BCUT2D eigenvalue weighted by Crippen LogP contribution is 2.19. The van der Waals surface area contributed by atoms with Gasteiger partial charge in [0.1, 0.15) is 66.7 Å². The molecule has 4 rings (SSSR count). The van der Waals surface area contributed by atoms with Crippen LogP contribution in [0.2, 0.25) is 0 Å². The van der Waals surface area contributed by atoms with E-state index in [1.165, 1.54) is 65.7 Å². The molecule has 0 aromatic heterocycles. The monoisotopic (exact) mass is 1340 g/mol. The van der Waals surface area contributed by atoms with Crippen molar-refractivity contribution in [3.05, 3.63) is 108 Å². The predicted molar refractivity (Wildman–Crippen MR) is 363 cm³/mol. The summed E-state index contributed by atoms with van der Waals surface area (Å²) in [5.41, 5.74) is 2.02. The molecule has 1 saturated heterocycles. The minimum atomic E-state index is -1.57.